The van der Waals surface area contributed by atoms with Crippen LogP contribution in [0.5, 0.6) is 0 Å². The molecule has 1 heterocycles. The van der Waals surface area contributed by atoms with Gasteiger partial charge in [-0.1, -0.05) is 11.6 Å². The highest BCUT2D eigenvalue weighted by molar-refractivity contribution is 6.34. The van der Waals surface area contributed by atoms with Crippen molar-refractivity contribution in [2.24, 2.45) is 0 Å². The van der Waals surface area contributed by atoms with Crippen molar-refractivity contribution in [2.45, 2.75) is 0 Å². The fourth-order valence-corrected chi connectivity index (χ4v) is 0.892. The van der Waals surface area contributed by atoms with E-state index in [0.29, 0.717) is 11.0 Å². The Kier molecular flexibility index (Phi) is 2.11. The van der Waals surface area contributed by atoms with Crippen molar-refractivity contribution in [1.82, 2.24) is 9.97 Å². The largest absolute Gasteiger partial charge is 0.371 e. The zero-order valence-corrected chi connectivity index (χ0v) is 6.61. The average molecular weight is 155 g/mol. The highest BCUT2D eigenvalue weighted by atomic mass is 35.5. The fourth-order valence-electron chi connectivity index (χ4n) is 0.616. The maximum atomic E-state index is 5.69. The molecule has 5 heteroatoms. The van der Waals surface area contributed by atoms with Gasteiger partial charge in [-0.25, -0.2) is 9.97 Å². The Labute approximate surface area is 65.2 Å². The predicted octanol–water partition coefficient (Wildman–Crippen LogP) is -0.570. The Morgan fingerprint density at radius 1 is 1.70 bits per heavy atom. The number of aromatic nitrogens is 2. The molecule has 0 aliphatic heterocycles. The van der Waals surface area contributed by atoms with E-state index in [2.05, 4.69) is 15.3 Å². The summed E-state index contributed by atoms with van der Waals surface area (Å²) in [6.45, 7) is 0. The second-order valence-corrected chi connectivity index (χ2v) is 2.26. The predicted molar refractivity (Wildman–Crippen MR) is 44.8 cm³/mol. The standard InChI is InChI=1S/C5H7BClN3/c1-8-5-4(7)10-3(6)2-9-5/h2H,6H2,1H3,(H,8,9). The summed E-state index contributed by atoms with van der Waals surface area (Å²) in [7, 11) is 3.60. The SMILES string of the molecule is Bc1cnc(NC)c(Cl)n1. The van der Waals surface area contributed by atoms with E-state index in [0.717, 1.165) is 5.59 Å². The molecule has 10 heavy (non-hydrogen) atoms. The van der Waals surface area contributed by atoms with E-state index in [4.69, 9.17) is 11.6 Å². The van der Waals surface area contributed by atoms with E-state index in [1.54, 1.807) is 13.2 Å². The molecule has 3 nitrogen and oxygen atoms in total. The lowest BCUT2D eigenvalue weighted by molar-refractivity contribution is 1.22. The highest BCUT2D eigenvalue weighted by Gasteiger charge is 1.98. The number of anilines is 1. The van der Waals surface area contributed by atoms with Crippen LogP contribution < -0.4 is 10.9 Å². The van der Waals surface area contributed by atoms with Gasteiger partial charge in [0.1, 0.15) is 0 Å². The first-order chi connectivity index (χ1) is 4.74. The average Bonchev–Trinajstić information content (AvgIpc) is 1.88. The molecule has 1 aromatic rings. The Morgan fingerprint density at radius 2 is 2.40 bits per heavy atom. The van der Waals surface area contributed by atoms with Crippen LogP contribution in [0.25, 0.3) is 0 Å². The highest BCUT2D eigenvalue weighted by Crippen LogP contribution is 2.11. The van der Waals surface area contributed by atoms with Crippen LogP contribution in [0, 0.1) is 0 Å². The zero-order chi connectivity index (χ0) is 7.56. The van der Waals surface area contributed by atoms with Crippen LogP contribution in [-0.4, -0.2) is 24.9 Å². The summed E-state index contributed by atoms with van der Waals surface area (Å²) in [5.74, 6) is 0.618. The molecule has 0 spiro atoms. The van der Waals surface area contributed by atoms with E-state index in [9.17, 15) is 0 Å². The smallest absolute Gasteiger partial charge is 0.170 e. The van der Waals surface area contributed by atoms with Crippen molar-refractivity contribution in [3.05, 3.63) is 11.3 Å². The number of hydrogen-bond acceptors (Lipinski definition) is 3. The van der Waals surface area contributed by atoms with Crippen molar-refractivity contribution in [3.63, 3.8) is 0 Å². The van der Waals surface area contributed by atoms with Crippen LogP contribution in [0.2, 0.25) is 5.15 Å². The molecule has 0 amide bonds. The normalized spacial score (nSPS) is 9.40. The lowest BCUT2D eigenvalue weighted by atomic mass is 10.1. The van der Waals surface area contributed by atoms with Crippen LogP contribution in [0.4, 0.5) is 5.82 Å². The molecule has 1 N–H and O–H groups in total. The molecule has 0 fully saturated rings. The Balaban J connectivity index is 3.07. The molecular formula is C5H7BClN3. The Bertz CT molecular complexity index is 240. The fraction of sp³-hybridized carbons (Fsp3) is 0.200. The molecule has 0 aliphatic carbocycles. The van der Waals surface area contributed by atoms with Crippen molar-refractivity contribution in [1.29, 1.82) is 0 Å². The van der Waals surface area contributed by atoms with Gasteiger partial charge in [-0.15, -0.1) is 0 Å². The van der Waals surface area contributed by atoms with Crippen molar-refractivity contribution >= 4 is 30.9 Å². The van der Waals surface area contributed by atoms with Crippen molar-refractivity contribution < 1.29 is 0 Å². The topological polar surface area (TPSA) is 37.8 Å². The first-order valence-corrected chi connectivity index (χ1v) is 3.28. The molecule has 1 rings (SSSR count). The van der Waals surface area contributed by atoms with Gasteiger partial charge < -0.3 is 5.32 Å². The number of rotatable bonds is 1. The van der Waals surface area contributed by atoms with Gasteiger partial charge in [0.15, 0.2) is 18.8 Å². The summed E-state index contributed by atoms with van der Waals surface area (Å²) in [5, 5.41) is 3.24. The van der Waals surface area contributed by atoms with Crippen LogP contribution in [-0.2, 0) is 0 Å². The molecule has 1 aromatic heterocycles. The first-order valence-electron chi connectivity index (χ1n) is 2.91. The summed E-state index contributed by atoms with van der Waals surface area (Å²) in [6.07, 6.45) is 1.66. The number of nitrogens with one attached hydrogen (secondary N) is 1. The van der Waals surface area contributed by atoms with E-state index >= 15 is 0 Å². The van der Waals surface area contributed by atoms with Crippen molar-refractivity contribution in [2.75, 3.05) is 12.4 Å². The molecular weight excluding hydrogens is 148 g/mol. The molecule has 0 saturated carbocycles. The minimum Gasteiger partial charge on any atom is -0.371 e. The zero-order valence-electron chi connectivity index (χ0n) is 5.85. The third-order valence-electron chi connectivity index (χ3n) is 1.09. The Hall–Kier alpha value is -0.765. The summed E-state index contributed by atoms with van der Waals surface area (Å²) in [5.41, 5.74) is 0.823. The maximum absolute atomic E-state index is 5.69. The quantitative estimate of drug-likeness (QED) is 0.552. The third-order valence-corrected chi connectivity index (χ3v) is 1.35. The van der Waals surface area contributed by atoms with Gasteiger partial charge in [0.2, 0.25) is 0 Å². The molecule has 0 aromatic carbocycles. The van der Waals surface area contributed by atoms with Gasteiger partial charge in [0, 0.05) is 18.8 Å². The molecule has 0 unspecified atom stereocenters. The minimum atomic E-state index is 0.419. The van der Waals surface area contributed by atoms with Crippen LogP contribution >= 0.6 is 11.6 Å². The molecule has 52 valence electrons. The molecule has 0 saturated heterocycles. The van der Waals surface area contributed by atoms with Gasteiger partial charge >= 0.3 is 0 Å². The van der Waals surface area contributed by atoms with Crippen LogP contribution in [0.1, 0.15) is 0 Å². The second-order valence-electron chi connectivity index (χ2n) is 1.90. The summed E-state index contributed by atoms with van der Waals surface area (Å²) < 4.78 is 0. The molecule has 0 bridgehead atoms. The van der Waals surface area contributed by atoms with Gasteiger partial charge in [-0.2, -0.15) is 0 Å². The van der Waals surface area contributed by atoms with Crippen LogP contribution in [0.3, 0.4) is 0 Å². The minimum absolute atomic E-state index is 0.419. The van der Waals surface area contributed by atoms with E-state index < -0.39 is 0 Å². The van der Waals surface area contributed by atoms with E-state index in [-0.39, 0.29) is 0 Å². The third kappa shape index (κ3) is 1.39. The van der Waals surface area contributed by atoms with Gasteiger partial charge in [-0.3, -0.25) is 0 Å². The summed E-state index contributed by atoms with van der Waals surface area (Å²) in [4.78, 5) is 7.98. The lowest BCUT2D eigenvalue weighted by Crippen LogP contribution is -2.10. The first kappa shape index (κ1) is 7.34. The monoisotopic (exact) mass is 155 g/mol. The van der Waals surface area contributed by atoms with Gasteiger partial charge in [0.25, 0.3) is 0 Å². The van der Waals surface area contributed by atoms with E-state index in [1.807, 2.05) is 7.85 Å². The number of hydrogen-bond donors (Lipinski definition) is 1. The van der Waals surface area contributed by atoms with Gasteiger partial charge in [0.05, 0.1) is 0 Å². The number of nitrogens with zero attached hydrogens (tertiary/aromatic N) is 2. The van der Waals surface area contributed by atoms with Gasteiger partial charge in [-0.05, 0) is 0 Å². The number of halogens is 1. The maximum Gasteiger partial charge on any atom is 0.170 e. The molecule has 0 atom stereocenters. The van der Waals surface area contributed by atoms with E-state index in [1.165, 1.54) is 0 Å². The molecule has 0 radical (unpaired) electrons. The Morgan fingerprint density at radius 3 is 2.90 bits per heavy atom. The second kappa shape index (κ2) is 2.88. The lowest BCUT2D eigenvalue weighted by Gasteiger charge is -2.00. The summed E-state index contributed by atoms with van der Waals surface area (Å²) in [6, 6.07) is 0. The molecule has 0 aliphatic rings. The van der Waals surface area contributed by atoms with Crippen molar-refractivity contribution in [3.8, 4) is 0 Å². The summed E-state index contributed by atoms with van der Waals surface area (Å²) >= 11 is 5.69. The van der Waals surface area contributed by atoms with Crippen LogP contribution in [0.15, 0.2) is 6.20 Å².